The Morgan fingerprint density at radius 1 is 1.14 bits per heavy atom. The summed E-state index contributed by atoms with van der Waals surface area (Å²) in [6.07, 6.45) is 4.08. The number of carbonyl (C=O) groups is 2. The van der Waals surface area contributed by atoms with Gasteiger partial charge >= 0.3 is 0 Å². The van der Waals surface area contributed by atoms with Crippen molar-refractivity contribution in [2.24, 2.45) is 5.73 Å². The van der Waals surface area contributed by atoms with Crippen LogP contribution >= 0.6 is 12.4 Å². The van der Waals surface area contributed by atoms with Gasteiger partial charge in [0.1, 0.15) is 0 Å². The van der Waals surface area contributed by atoms with Crippen LogP contribution in [0.3, 0.4) is 0 Å². The van der Waals surface area contributed by atoms with E-state index >= 15 is 0 Å². The van der Waals surface area contributed by atoms with Gasteiger partial charge in [0.2, 0.25) is 0 Å². The molecule has 2 rings (SSSR count). The van der Waals surface area contributed by atoms with Gasteiger partial charge in [-0.05, 0) is 31.5 Å². The molecule has 0 aliphatic heterocycles. The lowest BCUT2D eigenvalue weighted by Gasteiger charge is -2.07. The van der Waals surface area contributed by atoms with Crippen LogP contribution in [-0.4, -0.2) is 29.3 Å². The topological polar surface area (TPSA) is 88.0 Å². The van der Waals surface area contributed by atoms with Crippen molar-refractivity contribution in [1.29, 1.82) is 0 Å². The summed E-state index contributed by atoms with van der Waals surface area (Å²) in [7, 11) is 0. The summed E-state index contributed by atoms with van der Waals surface area (Å²) in [6, 6.07) is 8.41. The SMILES string of the molecule is CC(N)CCNC(=O)c1ccc(C(=O)c2cc[nH]c2)cc1.Cl. The maximum Gasteiger partial charge on any atom is 0.251 e. The van der Waals surface area contributed by atoms with Crippen molar-refractivity contribution in [2.45, 2.75) is 19.4 Å². The fourth-order valence-electron chi connectivity index (χ4n) is 1.92. The van der Waals surface area contributed by atoms with Gasteiger partial charge in [-0.15, -0.1) is 12.4 Å². The fourth-order valence-corrected chi connectivity index (χ4v) is 1.92. The van der Waals surface area contributed by atoms with Crippen LogP contribution in [0.4, 0.5) is 0 Å². The third kappa shape index (κ3) is 4.72. The molecule has 0 saturated carbocycles. The van der Waals surface area contributed by atoms with E-state index in [-0.39, 0.29) is 30.1 Å². The fraction of sp³-hybridized carbons (Fsp3) is 0.250. The number of carbonyl (C=O) groups excluding carboxylic acids is 2. The zero-order chi connectivity index (χ0) is 15.2. The molecule has 5 nitrogen and oxygen atoms in total. The van der Waals surface area contributed by atoms with Gasteiger partial charge in [-0.2, -0.15) is 0 Å². The molecule has 0 saturated heterocycles. The number of nitrogens with two attached hydrogens (primary N) is 1. The second-order valence-corrected chi connectivity index (χ2v) is 5.03. The minimum Gasteiger partial charge on any atom is -0.367 e. The number of hydrogen-bond acceptors (Lipinski definition) is 3. The molecule has 0 bridgehead atoms. The van der Waals surface area contributed by atoms with Gasteiger partial charge in [0, 0.05) is 41.7 Å². The molecule has 1 amide bonds. The molecule has 1 aromatic heterocycles. The summed E-state index contributed by atoms with van der Waals surface area (Å²) >= 11 is 0. The van der Waals surface area contributed by atoms with E-state index in [9.17, 15) is 9.59 Å². The molecular weight excluding hydrogens is 302 g/mol. The van der Waals surface area contributed by atoms with Crippen LogP contribution in [0.25, 0.3) is 0 Å². The van der Waals surface area contributed by atoms with Crippen LogP contribution < -0.4 is 11.1 Å². The van der Waals surface area contributed by atoms with Gasteiger partial charge in [0.05, 0.1) is 0 Å². The molecule has 1 aromatic carbocycles. The summed E-state index contributed by atoms with van der Waals surface area (Å²) in [5.41, 5.74) is 7.32. The number of benzene rings is 1. The lowest BCUT2D eigenvalue weighted by atomic mass is 10.0. The Kier molecular flexibility index (Phi) is 6.82. The van der Waals surface area contributed by atoms with E-state index in [0.717, 1.165) is 6.42 Å². The minimum atomic E-state index is -0.156. The van der Waals surface area contributed by atoms with E-state index in [0.29, 0.717) is 23.2 Å². The Bertz CT molecular complexity index is 607. The molecule has 0 radical (unpaired) electrons. The van der Waals surface area contributed by atoms with Crippen molar-refractivity contribution in [3.63, 3.8) is 0 Å². The Balaban J connectivity index is 0.00000242. The number of nitrogens with one attached hydrogen (secondary N) is 2. The summed E-state index contributed by atoms with van der Waals surface area (Å²) < 4.78 is 0. The van der Waals surface area contributed by atoms with E-state index in [4.69, 9.17) is 5.73 Å². The van der Waals surface area contributed by atoms with Crippen molar-refractivity contribution in [3.8, 4) is 0 Å². The average molecular weight is 322 g/mol. The highest BCUT2D eigenvalue weighted by atomic mass is 35.5. The van der Waals surface area contributed by atoms with E-state index < -0.39 is 0 Å². The lowest BCUT2D eigenvalue weighted by Crippen LogP contribution is -2.28. The van der Waals surface area contributed by atoms with Gasteiger partial charge in [-0.3, -0.25) is 9.59 Å². The van der Waals surface area contributed by atoms with Crippen molar-refractivity contribution >= 4 is 24.1 Å². The molecule has 6 heteroatoms. The van der Waals surface area contributed by atoms with Crippen LogP contribution in [0.1, 0.15) is 39.6 Å². The number of halogens is 1. The zero-order valence-corrected chi connectivity index (χ0v) is 13.2. The van der Waals surface area contributed by atoms with Gasteiger partial charge in [0.15, 0.2) is 5.78 Å². The quantitative estimate of drug-likeness (QED) is 0.712. The summed E-state index contributed by atoms with van der Waals surface area (Å²) in [6.45, 7) is 2.44. The van der Waals surface area contributed by atoms with Crippen LogP contribution in [0.2, 0.25) is 0 Å². The van der Waals surface area contributed by atoms with Crippen molar-refractivity contribution in [1.82, 2.24) is 10.3 Å². The molecule has 22 heavy (non-hydrogen) atoms. The van der Waals surface area contributed by atoms with Crippen molar-refractivity contribution in [3.05, 3.63) is 59.4 Å². The smallest absolute Gasteiger partial charge is 0.251 e. The molecule has 1 heterocycles. The third-order valence-corrected chi connectivity index (χ3v) is 3.15. The third-order valence-electron chi connectivity index (χ3n) is 3.15. The summed E-state index contributed by atoms with van der Waals surface area (Å²) in [4.78, 5) is 26.8. The van der Waals surface area contributed by atoms with Crippen molar-refractivity contribution in [2.75, 3.05) is 6.54 Å². The van der Waals surface area contributed by atoms with E-state index in [1.807, 2.05) is 6.92 Å². The molecule has 0 aliphatic carbocycles. The van der Waals surface area contributed by atoms with Gasteiger partial charge in [-0.25, -0.2) is 0 Å². The Labute approximate surface area is 135 Å². The maximum absolute atomic E-state index is 12.1. The molecule has 0 spiro atoms. The maximum atomic E-state index is 12.1. The molecular formula is C16H20ClN3O2. The number of hydrogen-bond donors (Lipinski definition) is 3. The molecule has 1 atom stereocenters. The molecule has 0 aliphatic rings. The van der Waals surface area contributed by atoms with Crippen LogP contribution in [0.15, 0.2) is 42.7 Å². The van der Waals surface area contributed by atoms with Crippen LogP contribution in [0, 0.1) is 0 Å². The molecule has 118 valence electrons. The van der Waals surface area contributed by atoms with Gasteiger partial charge in [-0.1, -0.05) is 12.1 Å². The predicted octanol–water partition coefficient (Wildman–Crippen LogP) is 2.13. The zero-order valence-electron chi connectivity index (χ0n) is 12.3. The highest BCUT2D eigenvalue weighted by Gasteiger charge is 2.11. The molecule has 1 unspecified atom stereocenters. The minimum absolute atomic E-state index is 0. The largest absolute Gasteiger partial charge is 0.367 e. The van der Waals surface area contributed by atoms with Gasteiger partial charge in [0.25, 0.3) is 5.91 Å². The monoisotopic (exact) mass is 321 g/mol. The second-order valence-electron chi connectivity index (χ2n) is 5.03. The number of ketones is 1. The number of amides is 1. The summed E-state index contributed by atoms with van der Waals surface area (Å²) in [5, 5.41) is 2.80. The number of rotatable bonds is 6. The first kappa shape index (κ1) is 17.9. The highest BCUT2D eigenvalue weighted by molar-refractivity contribution is 6.09. The van der Waals surface area contributed by atoms with Crippen LogP contribution in [-0.2, 0) is 0 Å². The highest BCUT2D eigenvalue weighted by Crippen LogP contribution is 2.10. The molecule has 2 aromatic rings. The van der Waals surface area contributed by atoms with E-state index in [2.05, 4.69) is 10.3 Å². The Hall–Kier alpha value is -2.11. The second kappa shape index (κ2) is 8.36. The number of H-pyrrole nitrogens is 1. The normalized spacial score (nSPS) is 11.4. The first-order chi connectivity index (χ1) is 10.1. The standard InChI is InChI=1S/C16H19N3O2.ClH/c1-11(17)6-9-19-16(21)13-4-2-12(3-5-13)15(20)14-7-8-18-10-14;/h2-5,7-8,10-11,18H,6,9,17H2,1H3,(H,19,21);1H. The van der Waals surface area contributed by atoms with E-state index in [1.54, 1.807) is 42.7 Å². The Morgan fingerprint density at radius 3 is 2.32 bits per heavy atom. The average Bonchev–Trinajstić information content (AvgIpc) is 3.00. The number of aromatic nitrogens is 1. The first-order valence-electron chi connectivity index (χ1n) is 6.89. The predicted molar refractivity (Wildman–Crippen MR) is 88.5 cm³/mol. The number of aromatic amines is 1. The van der Waals surface area contributed by atoms with Gasteiger partial charge < -0.3 is 16.0 Å². The first-order valence-corrected chi connectivity index (χ1v) is 6.89. The summed E-state index contributed by atoms with van der Waals surface area (Å²) in [5.74, 6) is -0.226. The molecule has 0 fully saturated rings. The van der Waals surface area contributed by atoms with Crippen LogP contribution in [0.5, 0.6) is 0 Å². The molecule has 4 N–H and O–H groups in total. The lowest BCUT2D eigenvalue weighted by molar-refractivity contribution is 0.0951. The Morgan fingerprint density at radius 2 is 1.77 bits per heavy atom. The van der Waals surface area contributed by atoms with Crippen molar-refractivity contribution < 1.29 is 9.59 Å². The van der Waals surface area contributed by atoms with E-state index in [1.165, 1.54) is 0 Å².